The zero-order chi connectivity index (χ0) is 16.2. The van der Waals surface area contributed by atoms with E-state index in [1.54, 1.807) is 6.07 Å². The second-order valence-electron chi connectivity index (χ2n) is 6.21. The van der Waals surface area contributed by atoms with Crippen molar-refractivity contribution in [2.75, 3.05) is 13.2 Å². The minimum absolute atomic E-state index is 0.0445. The summed E-state index contributed by atoms with van der Waals surface area (Å²) in [4.78, 5) is 28.5. The van der Waals surface area contributed by atoms with Gasteiger partial charge in [0, 0.05) is 12.6 Å². The second kappa shape index (κ2) is 6.93. The third kappa shape index (κ3) is 3.43. The van der Waals surface area contributed by atoms with Crippen molar-refractivity contribution in [1.29, 1.82) is 0 Å². The first kappa shape index (κ1) is 15.7. The number of aromatic nitrogens is 1. The van der Waals surface area contributed by atoms with Crippen LogP contribution in [0, 0.1) is 16.0 Å². The highest BCUT2D eigenvalue weighted by molar-refractivity contribution is 5.78. The van der Waals surface area contributed by atoms with E-state index in [0.717, 1.165) is 19.4 Å². The third-order valence-corrected chi connectivity index (χ3v) is 4.84. The summed E-state index contributed by atoms with van der Waals surface area (Å²) < 4.78 is 5.40. The first-order valence-electron chi connectivity index (χ1n) is 8.18. The molecular weight excluding hydrogens is 298 g/mol. The number of rotatable bonds is 4. The minimum Gasteiger partial charge on any atom is -0.476 e. The van der Waals surface area contributed by atoms with Gasteiger partial charge in [0.25, 0.3) is 5.91 Å². The molecule has 0 spiro atoms. The Morgan fingerprint density at radius 3 is 2.96 bits per heavy atom. The third-order valence-electron chi connectivity index (χ3n) is 4.84. The topological polar surface area (TPSA) is 85.6 Å². The highest BCUT2D eigenvalue weighted by Gasteiger charge is 2.35. The number of amides is 1. The van der Waals surface area contributed by atoms with Crippen molar-refractivity contribution in [3.05, 3.63) is 28.4 Å². The number of nitrogens with zero attached hydrogens (tertiary/aromatic N) is 3. The van der Waals surface area contributed by atoms with Crippen LogP contribution in [-0.4, -0.2) is 39.9 Å². The van der Waals surface area contributed by atoms with Gasteiger partial charge in [-0.15, -0.1) is 0 Å². The van der Waals surface area contributed by atoms with Gasteiger partial charge in [-0.25, -0.2) is 0 Å². The fourth-order valence-corrected chi connectivity index (χ4v) is 3.79. The van der Waals surface area contributed by atoms with Gasteiger partial charge in [-0.2, -0.15) is 0 Å². The zero-order valence-corrected chi connectivity index (χ0v) is 13.0. The normalized spacial score (nSPS) is 23.9. The summed E-state index contributed by atoms with van der Waals surface area (Å²) >= 11 is 0. The number of ether oxygens (including phenoxy) is 1. The van der Waals surface area contributed by atoms with Gasteiger partial charge >= 0.3 is 5.82 Å². The molecule has 0 aromatic carbocycles. The number of piperidine rings is 1. The molecule has 2 heterocycles. The van der Waals surface area contributed by atoms with Crippen molar-refractivity contribution in [3.8, 4) is 5.75 Å². The molecule has 0 N–H and O–H groups in total. The quantitative estimate of drug-likeness (QED) is 0.629. The lowest BCUT2D eigenvalue weighted by atomic mass is 9.78. The molecular formula is C16H21N3O4. The highest BCUT2D eigenvalue weighted by Crippen LogP contribution is 2.35. The van der Waals surface area contributed by atoms with Gasteiger partial charge in [0.05, 0.1) is 0 Å². The summed E-state index contributed by atoms with van der Waals surface area (Å²) in [6.45, 7) is 0.592. The van der Waals surface area contributed by atoms with Crippen LogP contribution < -0.4 is 4.74 Å². The summed E-state index contributed by atoms with van der Waals surface area (Å²) in [7, 11) is 0. The summed E-state index contributed by atoms with van der Waals surface area (Å²) in [5, 5.41) is 10.9. The van der Waals surface area contributed by atoms with E-state index in [2.05, 4.69) is 4.98 Å². The molecule has 1 amide bonds. The Morgan fingerprint density at radius 1 is 1.35 bits per heavy atom. The molecule has 1 saturated carbocycles. The fraction of sp³-hybridized carbons (Fsp3) is 0.625. The van der Waals surface area contributed by atoms with Crippen LogP contribution in [0.1, 0.15) is 38.5 Å². The first-order valence-corrected chi connectivity index (χ1v) is 8.18. The molecule has 1 aliphatic heterocycles. The molecule has 1 aromatic heterocycles. The molecule has 7 nitrogen and oxygen atoms in total. The number of hydrogen-bond acceptors (Lipinski definition) is 5. The molecule has 2 fully saturated rings. The standard InChI is InChI=1S/C16H21N3O4/c20-15(11-23-14-8-3-9-17-16(14)19(21)22)18-10-4-6-12-5-1-2-7-13(12)18/h3,8-9,12-13H,1-2,4-7,10-11H2. The molecule has 1 saturated heterocycles. The minimum atomic E-state index is -0.599. The van der Waals surface area contributed by atoms with Crippen LogP contribution >= 0.6 is 0 Å². The second-order valence-corrected chi connectivity index (χ2v) is 6.21. The van der Waals surface area contributed by atoms with Crippen molar-refractivity contribution in [1.82, 2.24) is 9.88 Å². The lowest BCUT2D eigenvalue weighted by Gasteiger charge is -2.44. The average molecular weight is 319 g/mol. The molecule has 1 aromatic rings. The molecule has 124 valence electrons. The average Bonchev–Trinajstić information content (AvgIpc) is 2.59. The lowest BCUT2D eigenvalue weighted by Crippen LogP contribution is -2.51. The van der Waals surface area contributed by atoms with Crippen LogP contribution in [0.25, 0.3) is 0 Å². The van der Waals surface area contributed by atoms with Gasteiger partial charge in [-0.05, 0) is 53.6 Å². The maximum atomic E-state index is 12.5. The predicted molar refractivity (Wildman–Crippen MR) is 83.1 cm³/mol. The molecule has 2 unspecified atom stereocenters. The number of pyridine rings is 1. The zero-order valence-electron chi connectivity index (χ0n) is 13.0. The molecule has 2 atom stereocenters. The Hall–Kier alpha value is -2.18. The van der Waals surface area contributed by atoms with Crippen molar-refractivity contribution in [2.24, 2.45) is 5.92 Å². The molecule has 23 heavy (non-hydrogen) atoms. The highest BCUT2D eigenvalue weighted by atomic mass is 16.6. The first-order chi connectivity index (χ1) is 11.2. The van der Waals surface area contributed by atoms with Gasteiger partial charge in [-0.3, -0.25) is 4.79 Å². The van der Waals surface area contributed by atoms with Crippen LogP contribution in [0.5, 0.6) is 5.75 Å². The fourth-order valence-electron chi connectivity index (χ4n) is 3.79. The molecule has 0 radical (unpaired) electrons. The van der Waals surface area contributed by atoms with Crippen molar-refractivity contribution >= 4 is 11.7 Å². The smallest absolute Gasteiger partial charge is 0.406 e. The van der Waals surface area contributed by atoms with Crippen LogP contribution in [0.15, 0.2) is 18.3 Å². The SMILES string of the molecule is O=C(COc1cccnc1[N+](=O)[O-])N1CCCC2CCCCC21. The van der Waals surface area contributed by atoms with E-state index in [-0.39, 0.29) is 24.1 Å². The van der Waals surface area contributed by atoms with Crippen molar-refractivity contribution in [2.45, 2.75) is 44.6 Å². The molecule has 1 aliphatic carbocycles. The Morgan fingerprint density at radius 2 is 2.13 bits per heavy atom. The summed E-state index contributed by atoms with van der Waals surface area (Å²) in [6.07, 6.45) is 8.24. The summed E-state index contributed by atoms with van der Waals surface area (Å²) in [5.74, 6) is 0.214. The van der Waals surface area contributed by atoms with Crippen LogP contribution in [0.3, 0.4) is 0 Å². The molecule has 3 rings (SSSR count). The van der Waals surface area contributed by atoms with Gasteiger partial charge < -0.3 is 19.8 Å². The van der Waals surface area contributed by atoms with E-state index < -0.39 is 4.92 Å². The summed E-state index contributed by atoms with van der Waals surface area (Å²) in [6, 6.07) is 3.35. The van der Waals surface area contributed by atoms with Gasteiger partial charge in [0.1, 0.15) is 6.20 Å². The van der Waals surface area contributed by atoms with E-state index in [9.17, 15) is 14.9 Å². The van der Waals surface area contributed by atoms with Gasteiger partial charge in [0.15, 0.2) is 6.61 Å². The van der Waals surface area contributed by atoms with E-state index >= 15 is 0 Å². The van der Waals surface area contributed by atoms with Crippen LogP contribution in [0.2, 0.25) is 0 Å². The van der Waals surface area contributed by atoms with Crippen LogP contribution in [-0.2, 0) is 4.79 Å². The van der Waals surface area contributed by atoms with Crippen molar-refractivity contribution < 1.29 is 14.5 Å². The molecule has 0 bridgehead atoms. The number of hydrogen-bond donors (Lipinski definition) is 0. The Labute approximate surface area is 134 Å². The molecule has 2 aliphatic rings. The molecule has 7 heteroatoms. The summed E-state index contributed by atoms with van der Waals surface area (Å²) in [5.41, 5.74) is 0. The lowest BCUT2D eigenvalue weighted by molar-refractivity contribution is -0.390. The van der Waals surface area contributed by atoms with E-state index in [1.165, 1.54) is 37.9 Å². The van der Waals surface area contributed by atoms with Gasteiger partial charge in [-0.1, -0.05) is 12.8 Å². The Balaban J connectivity index is 1.64. The van der Waals surface area contributed by atoms with E-state index in [4.69, 9.17) is 4.74 Å². The number of carbonyl (C=O) groups is 1. The van der Waals surface area contributed by atoms with Gasteiger partial charge in [0.2, 0.25) is 5.75 Å². The van der Waals surface area contributed by atoms with Crippen molar-refractivity contribution in [3.63, 3.8) is 0 Å². The Bertz CT molecular complexity index is 590. The van der Waals surface area contributed by atoms with E-state index in [1.807, 2.05) is 4.90 Å². The monoisotopic (exact) mass is 319 g/mol. The van der Waals surface area contributed by atoms with Crippen LogP contribution in [0.4, 0.5) is 5.82 Å². The van der Waals surface area contributed by atoms with E-state index in [0.29, 0.717) is 12.0 Å². The number of fused-ring (bicyclic) bond motifs is 1. The number of likely N-dealkylation sites (tertiary alicyclic amines) is 1. The number of carbonyl (C=O) groups excluding carboxylic acids is 1. The largest absolute Gasteiger partial charge is 0.476 e. The maximum absolute atomic E-state index is 12.5. The maximum Gasteiger partial charge on any atom is 0.406 e. The predicted octanol–water partition coefficient (Wildman–Crippen LogP) is 2.55. The Kier molecular flexibility index (Phi) is 4.73. The number of nitro groups is 1.